The first-order chi connectivity index (χ1) is 10.4. The third kappa shape index (κ3) is 7.33. The molecule has 5 heteroatoms. The minimum atomic E-state index is 0. The number of aromatic nitrogens is 1. The van der Waals surface area contributed by atoms with Gasteiger partial charge in [-0.25, -0.2) is 0 Å². The fourth-order valence-electron chi connectivity index (χ4n) is 2.61. The highest BCUT2D eigenvalue weighted by molar-refractivity contribution is 14.0. The molecule has 1 heterocycles. The number of hydrogen-bond acceptors (Lipinski definition) is 1. The first-order valence-corrected chi connectivity index (χ1v) is 8.19. The van der Waals surface area contributed by atoms with Gasteiger partial charge in [0.1, 0.15) is 0 Å². The molecule has 0 radical (unpaired) electrons. The Kier molecular flexibility index (Phi) is 10.0. The van der Waals surface area contributed by atoms with Crippen LogP contribution in [-0.4, -0.2) is 30.2 Å². The molecule has 1 aromatic rings. The Morgan fingerprint density at radius 1 is 1.23 bits per heavy atom. The van der Waals surface area contributed by atoms with Gasteiger partial charge in [-0.1, -0.05) is 11.6 Å². The fraction of sp³-hybridized carbons (Fsp3) is 0.588. The zero-order chi connectivity index (χ0) is 14.8. The first kappa shape index (κ1) is 19.1. The van der Waals surface area contributed by atoms with Crippen LogP contribution in [0.15, 0.2) is 41.2 Å². The van der Waals surface area contributed by atoms with E-state index in [4.69, 9.17) is 0 Å². The summed E-state index contributed by atoms with van der Waals surface area (Å²) in [7, 11) is 0. The second-order valence-corrected chi connectivity index (χ2v) is 5.47. The molecule has 1 aromatic heterocycles. The SMILES string of the molecule is CCNC(=NCCC1=CCCCC1)NCCn1cccc1.I. The molecular weight excluding hydrogens is 387 g/mol. The van der Waals surface area contributed by atoms with Crippen LogP contribution in [0.3, 0.4) is 0 Å². The zero-order valence-electron chi connectivity index (χ0n) is 13.6. The number of guanidine groups is 1. The lowest BCUT2D eigenvalue weighted by atomic mass is 9.97. The molecular formula is C17H29IN4. The summed E-state index contributed by atoms with van der Waals surface area (Å²) >= 11 is 0. The van der Waals surface area contributed by atoms with Gasteiger partial charge in [-0.2, -0.15) is 0 Å². The number of nitrogens with one attached hydrogen (secondary N) is 2. The predicted molar refractivity (Wildman–Crippen MR) is 105 cm³/mol. The maximum Gasteiger partial charge on any atom is 0.191 e. The summed E-state index contributed by atoms with van der Waals surface area (Å²) in [4.78, 5) is 4.67. The van der Waals surface area contributed by atoms with Crippen molar-refractivity contribution in [2.75, 3.05) is 19.6 Å². The largest absolute Gasteiger partial charge is 0.357 e. The molecule has 124 valence electrons. The highest BCUT2D eigenvalue weighted by Gasteiger charge is 2.03. The smallest absolute Gasteiger partial charge is 0.191 e. The molecule has 0 bridgehead atoms. The van der Waals surface area contributed by atoms with E-state index in [2.05, 4.69) is 57.7 Å². The Morgan fingerprint density at radius 3 is 2.73 bits per heavy atom. The van der Waals surface area contributed by atoms with E-state index >= 15 is 0 Å². The Hall–Kier alpha value is -0.980. The molecule has 0 atom stereocenters. The van der Waals surface area contributed by atoms with Crippen LogP contribution in [0.1, 0.15) is 39.0 Å². The predicted octanol–water partition coefficient (Wildman–Crippen LogP) is 3.55. The van der Waals surface area contributed by atoms with Crippen LogP contribution in [0, 0.1) is 0 Å². The van der Waals surface area contributed by atoms with E-state index in [-0.39, 0.29) is 24.0 Å². The molecule has 4 nitrogen and oxygen atoms in total. The topological polar surface area (TPSA) is 41.4 Å². The monoisotopic (exact) mass is 416 g/mol. The lowest BCUT2D eigenvalue weighted by Crippen LogP contribution is -2.38. The van der Waals surface area contributed by atoms with Crippen molar-refractivity contribution >= 4 is 29.9 Å². The summed E-state index contributed by atoms with van der Waals surface area (Å²) in [6.07, 6.45) is 12.9. The maximum atomic E-state index is 4.67. The maximum absolute atomic E-state index is 4.67. The van der Waals surface area contributed by atoms with Gasteiger partial charge >= 0.3 is 0 Å². The van der Waals surface area contributed by atoms with E-state index in [1.807, 2.05) is 0 Å². The van der Waals surface area contributed by atoms with Crippen LogP contribution in [0.25, 0.3) is 0 Å². The van der Waals surface area contributed by atoms with Crippen LogP contribution < -0.4 is 10.6 Å². The van der Waals surface area contributed by atoms with Crippen LogP contribution in [0.2, 0.25) is 0 Å². The van der Waals surface area contributed by atoms with Crippen molar-refractivity contribution in [1.29, 1.82) is 0 Å². The number of allylic oxidation sites excluding steroid dienone is 1. The van der Waals surface area contributed by atoms with E-state index in [0.29, 0.717) is 0 Å². The normalized spacial score (nSPS) is 15.0. The van der Waals surface area contributed by atoms with E-state index in [1.54, 1.807) is 5.57 Å². The number of halogens is 1. The average Bonchev–Trinajstić information content (AvgIpc) is 3.02. The number of rotatable bonds is 7. The van der Waals surface area contributed by atoms with Crippen molar-refractivity contribution in [2.24, 2.45) is 4.99 Å². The Balaban J connectivity index is 0.00000242. The van der Waals surface area contributed by atoms with Gasteiger partial charge in [-0.05, 0) is 51.2 Å². The average molecular weight is 416 g/mol. The van der Waals surface area contributed by atoms with Crippen LogP contribution in [0.5, 0.6) is 0 Å². The second-order valence-electron chi connectivity index (χ2n) is 5.47. The van der Waals surface area contributed by atoms with Gasteiger partial charge in [0.05, 0.1) is 0 Å². The van der Waals surface area contributed by atoms with Crippen molar-refractivity contribution in [2.45, 2.75) is 45.6 Å². The highest BCUT2D eigenvalue weighted by Crippen LogP contribution is 2.19. The molecule has 22 heavy (non-hydrogen) atoms. The van der Waals surface area contributed by atoms with E-state index in [0.717, 1.165) is 38.6 Å². The quantitative estimate of drug-likeness (QED) is 0.309. The summed E-state index contributed by atoms with van der Waals surface area (Å²) in [5, 5.41) is 6.71. The van der Waals surface area contributed by atoms with E-state index in [9.17, 15) is 0 Å². The molecule has 0 saturated carbocycles. The molecule has 2 rings (SSSR count). The standard InChI is InChI=1S/C17H28N4.HI/c1-2-18-17(20-12-15-21-13-6-7-14-21)19-11-10-16-8-4-3-5-9-16;/h6-8,13-14H,2-5,9-12,15H2,1H3,(H2,18,19,20);1H. The number of hydrogen-bond donors (Lipinski definition) is 2. The summed E-state index contributed by atoms with van der Waals surface area (Å²) in [5.74, 6) is 0.932. The number of nitrogens with zero attached hydrogens (tertiary/aromatic N) is 2. The first-order valence-electron chi connectivity index (χ1n) is 8.19. The molecule has 0 aromatic carbocycles. The summed E-state index contributed by atoms with van der Waals surface area (Å²) in [6, 6.07) is 4.11. The molecule has 0 aliphatic heterocycles. The second kappa shape index (κ2) is 11.6. The van der Waals surface area contributed by atoms with Crippen LogP contribution in [0.4, 0.5) is 0 Å². The summed E-state index contributed by atoms with van der Waals surface area (Å²) < 4.78 is 2.17. The molecule has 1 aliphatic carbocycles. The number of aliphatic imine (C=N–C) groups is 1. The molecule has 2 N–H and O–H groups in total. The van der Waals surface area contributed by atoms with Crippen molar-refractivity contribution in [3.05, 3.63) is 36.2 Å². The van der Waals surface area contributed by atoms with Crippen molar-refractivity contribution < 1.29 is 0 Å². The van der Waals surface area contributed by atoms with Gasteiger partial charge in [-0.15, -0.1) is 24.0 Å². The van der Waals surface area contributed by atoms with Crippen LogP contribution >= 0.6 is 24.0 Å². The molecule has 0 unspecified atom stereocenters. The Morgan fingerprint density at radius 2 is 2.05 bits per heavy atom. The van der Waals surface area contributed by atoms with Gasteiger partial charge in [0.2, 0.25) is 0 Å². The van der Waals surface area contributed by atoms with E-state index in [1.165, 1.54) is 25.7 Å². The minimum Gasteiger partial charge on any atom is -0.357 e. The van der Waals surface area contributed by atoms with Gasteiger partial charge in [0.15, 0.2) is 5.96 Å². The molecule has 0 amide bonds. The van der Waals surface area contributed by atoms with Gasteiger partial charge in [0.25, 0.3) is 0 Å². The van der Waals surface area contributed by atoms with Crippen molar-refractivity contribution in [3.8, 4) is 0 Å². The molecule has 0 fully saturated rings. The summed E-state index contributed by atoms with van der Waals surface area (Å²) in [5.41, 5.74) is 1.59. The third-order valence-electron chi connectivity index (χ3n) is 3.76. The van der Waals surface area contributed by atoms with Gasteiger partial charge in [-0.3, -0.25) is 4.99 Å². The lowest BCUT2D eigenvalue weighted by molar-refractivity contribution is 0.661. The van der Waals surface area contributed by atoms with Crippen molar-refractivity contribution in [3.63, 3.8) is 0 Å². The molecule has 1 aliphatic rings. The molecule has 0 spiro atoms. The van der Waals surface area contributed by atoms with Gasteiger partial charge < -0.3 is 15.2 Å². The van der Waals surface area contributed by atoms with Crippen LogP contribution in [-0.2, 0) is 6.54 Å². The molecule has 0 saturated heterocycles. The Bertz CT molecular complexity index is 451. The van der Waals surface area contributed by atoms with Crippen molar-refractivity contribution in [1.82, 2.24) is 15.2 Å². The lowest BCUT2D eigenvalue weighted by Gasteiger charge is -2.13. The van der Waals surface area contributed by atoms with E-state index < -0.39 is 0 Å². The fourth-order valence-corrected chi connectivity index (χ4v) is 2.61. The van der Waals surface area contributed by atoms with Gasteiger partial charge in [0, 0.05) is 38.6 Å². The Labute approximate surface area is 151 Å². The summed E-state index contributed by atoms with van der Waals surface area (Å²) in [6.45, 7) is 5.74. The minimum absolute atomic E-state index is 0. The highest BCUT2D eigenvalue weighted by atomic mass is 127. The zero-order valence-corrected chi connectivity index (χ0v) is 15.9. The third-order valence-corrected chi connectivity index (χ3v) is 3.76.